The fourth-order valence-corrected chi connectivity index (χ4v) is 1.61. The number of benzene rings is 1. The Bertz CT molecular complexity index is 496. The van der Waals surface area contributed by atoms with Gasteiger partial charge in [0.05, 0.1) is 22.9 Å². The minimum absolute atomic E-state index is 0.339. The smallest absolute Gasteiger partial charge is 0.124 e. The van der Waals surface area contributed by atoms with Gasteiger partial charge in [-0.25, -0.2) is 4.39 Å². The first kappa shape index (κ1) is 11.0. The monoisotopic (exact) mass is 239 g/mol. The summed E-state index contributed by atoms with van der Waals surface area (Å²) >= 11 is 5.87. The van der Waals surface area contributed by atoms with Gasteiger partial charge in [0.1, 0.15) is 5.82 Å². The van der Waals surface area contributed by atoms with Gasteiger partial charge >= 0.3 is 0 Å². The van der Waals surface area contributed by atoms with E-state index in [1.807, 2.05) is 19.3 Å². The lowest BCUT2D eigenvalue weighted by Gasteiger charge is -2.06. The molecule has 1 N–H and O–H groups in total. The van der Waals surface area contributed by atoms with E-state index in [0.29, 0.717) is 17.3 Å². The van der Waals surface area contributed by atoms with Crippen molar-refractivity contribution in [1.29, 1.82) is 0 Å². The number of anilines is 1. The molecule has 1 heterocycles. The van der Waals surface area contributed by atoms with Crippen LogP contribution in [0.4, 0.5) is 10.1 Å². The van der Waals surface area contributed by atoms with Crippen molar-refractivity contribution in [2.24, 2.45) is 7.05 Å². The molecule has 0 radical (unpaired) electrons. The predicted octanol–water partition coefficient (Wildman–Crippen LogP) is 2.82. The van der Waals surface area contributed by atoms with E-state index >= 15 is 0 Å². The quantitative estimate of drug-likeness (QED) is 0.893. The van der Waals surface area contributed by atoms with Crippen LogP contribution in [0.25, 0.3) is 0 Å². The molecule has 5 heteroatoms. The van der Waals surface area contributed by atoms with Crippen LogP contribution in [0, 0.1) is 5.82 Å². The first-order chi connectivity index (χ1) is 7.65. The second-order valence-electron chi connectivity index (χ2n) is 3.46. The van der Waals surface area contributed by atoms with Crippen LogP contribution in [0.1, 0.15) is 5.69 Å². The maximum absolute atomic E-state index is 12.8. The van der Waals surface area contributed by atoms with Crippen molar-refractivity contribution in [2.45, 2.75) is 6.54 Å². The van der Waals surface area contributed by atoms with Gasteiger partial charge in [0.2, 0.25) is 0 Å². The number of aryl methyl sites for hydroxylation is 1. The number of nitrogens with zero attached hydrogens (tertiary/aromatic N) is 2. The Hall–Kier alpha value is -1.55. The molecule has 2 rings (SSSR count). The summed E-state index contributed by atoms with van der Waals surface area (Å²) in [5.41, 5.74) is 1.61. The van der Waals surface area contributed by atoms with Gasteiger partial charge in [-0.1, -0.05) is 11.6 Å². The molecule has 1 aromatic carbocycles. The first-order valence-corrected chi connectivity index (χ1v) is 5.20. The lowest BCUT2D eigenvalue weighted by Crippen LogP contribution is -2.01. The average molecular weight is 240 g/mol. The minimum Gasteiger partial charge on any atom is -0.378 e. The number of hydrogen-bond donors (Lipinski definition) is 1. The maximum atomic E-state index is 12.8. The summed E-state index contributed by atoms with van der Waals surface area (Å²) in [6, 6.07) is 6.17. The van der Waals surface area contributed by atoms with Crippen LogP contribution in [0.3, 0.4) is 0 Å². The molecular formula is C11H11ClFN3. The first-order valence-electron chi connectivity index (χ1n) is 4.82. The minimum atomic E-state index is -0.339. The highest BCUT2D eigenvalue weighted by atomic mass is 35.5. The Morgan fingerprint density at radius 2 is 2.25 bits per heavy atom. The van der Waals surface area contributed by atoms with E-state index in [1.165, 1.54) is 12.1 Å². The van der Waals surface area contributed by atoms with E-state index in [0.717, 1.165) is 5.69 Å². The second-order valence-corrected chi connectivity index (χ2v) is 3.87. The van der Waals surface area contributed by atoms with Crippen molar-refractivity contribution in [1.82, 2.24) is 9.78 Å². The van der Waals surface area contributed by atoms with E-state index in [1.54, 1.807) is 10.7 Å². The molecular weight excluding hydrogens is 229 g/mol. The van der Waals surface area contributed by atoms with Crippen molar-refractivity contribution >= 4 is 17.3 Å². The SMILES string of the molecule is Cn1ccc(CNc2ccc(F)cc2Cl)n1. The highest BCUT2D eigenvalue weighted by Gasteiger charge is 2.02. The Kier molecular flexibility index (Phi) is 3.10. The van der Waals surface area contributed by atoms with Crippen LogP contribution in [-0.4, -0.2) is 9.78 Å². The number of rotatable bonds is 3. The van der Waals surface area contributed by atoms with Gasteiger partial charge in [0, 0.05) is 13.2 Å². The summed E-state index contributed by atoms with van der Waals surface area (Å²) in [4.78, 5) is 0. The van der Waals surface area contributed by atoms with Crippen molar-refractivity contribution in [3.05, 3.63) is 47.0 Å². The van der Waals surface area contributed by atoms with Crippen LogP contribution in [0.15, 0.2) is 30.5 Å². The second kappa shape index (κ2) is 4.53. The van der Waals surface area contributed by atoms with Crippen LogP contribution < -0.4 is 5.32 Å². The standard InChI is InChI=1S/C11H11ClFN3/c1-16-5-4-9(15-16)7-14-11-3-2-8(13)6-10(11)12/h2-6,14H,7H2,1H3. The predicted molar refractivity (Wildman–Crippen MR) is 61.9 cm³/mol. The fourth-order valence-electron chi connectivity index (χ4n) is 1.38. The highest BCUT2D eigenvalue weighted by molar-refractivity contribution is 6.33. The van der Waals surface area contributed by atoms with Crippen LogP contribution in [-0.2, 0) is 13.6 Å². The van der Waals surface area contributed by atoms with Gasteiger partial charge in [-0.3, -0.25) is 4.68 Å². The van der Waals surface area contributed by atoms with E-state index in [2.05, 4.69) is 10.4 Å². The number of aromatic nitrogens is 2. The van der Waals surface area contributed by atoms with Gasteiger partial charge in [-0.2, -0.15) is 5.10 Å². The third kappa shape index (κ3) is 2.52. The van der Waals surface area contributed by atoms with Crippen molar-refractivity contribution < 1.29 is 4.39 Å². The molecule has 2 aromatic rings. The van der Waals surface area contributed by atoms with Crippen LogP contribution in [0.5, 0.6) is 0 Å². The maximum Gasteiger partial charge on any atom is 0.124 e. The summed E-state index contributed by atoms with van der Waals surface area (Å²) in [6.07, 6.45) is 1.86. The lowest BCUT2D eigenvalue weighted by molar-refractivity contribution is 0.628. The summed E-state index contributed by atoms with van der Waals surface area (Å²) in [5.74, 6) is -0.339. The van der Waals surface area contributed by atoms with Crippen molar-refractivity contribution in [3.8, 4) is 0 Å². The van der Waals surface area contributed by atoms with E-state index in [-0.39, 0.29) is 5.82 Å². The Balaban J connectivity index is 2.04. The molecule has 0 aliphatic carbocycles. The van der Waals surface area contributed by atoms with Gasteiger partial charge < -0.3 is 5.32 Å². The zero-order valence-corrected chi connectivity index (χ0v) is 9.50. The van der Waals surface area contributed by atoms with Crippen LogP contribution in [0.2, 0.25) is 5.02 Å². The topological polar surface area (TPSA) is 29.9 Å². The van der Waals surface area contributed by atoms with Crippen LogP contribution >= 0.6 is 11.6 Å². The zero-order chi connectivity index (χ0) is 11.5. The van der Waals surface area contributed by atoms with Crippen molar-refractivity contribution in [2.75, 3.05) is 5.32 Å². The van der Waals surface area contributed by atoms with E-state index in [4.69, 9.17) is 11.6 Å². The summed E-state index contributed by atoms with van der Waals surface area (Å²) < 4.78 is 14.5. The molecule has 3 nitrogen and oxygen atoms in total. The van der Waals surface area contributed by atoms with Gasteiger partial charge in [0.15, 0.2) is 0 Å². The van der Waals surface area contributed by atoms with Gasteiger partial charge in [0.25, 0.3) is 0 Å². The van der Waals surface area contributed by atoms with Crippen molar-refractivity contribution in [3.63, 3.8) is 0 Å². The summed E-state index contributed by atoms with van der Waals surface area (Å²) in [7, 11) is 1.86. The van der Waals surface area contributed by atoms with Gasteiger partial charge in [-0.05, 0) is 24.3 Å². The molecule has 0 atom stereocenters. The molecule has 0 aliphatic rings. The Morgan fingerprint density at radius 3 is 2.88 bits per heavy atom. The molecule has 16 heavy (non-hydrogen) atoms. The summed E-state index contributed by atoms with van der Waals surface area (Å²) in [5, 5.41) is 7.68. The Labute approximate surface area is 97.8 Å². The van der Waals surface area contributed by atoms with E-state index in [9.17, 15) is 4.39 Å². The lowest BCUT2D eigenvalue weighted by atomic mass is 10.3. The molecule has 0 fully saturated rings. The molecule has 0 saturated heterocycles. The third-order valence-corrected chi connectivity index (χ3v) is 2.47. The molecule has 0 spiro atoms. The largest absolute Gasteiger partial charge is 0.378 e. The molecule has 0 bridgehead atoms. The molecule has 0 aliphatic heterocycles. The number of nitrogens with one attached hydrogen (secondary N) is 1. The zero-order valence-electron chi connectivity index (χ0n) is 8.74. The fraction of sp³-hybridized carbons (Fsp3) is 0.182. The van der Waals surface area contributed by atoms with Gasteiger partial charge in [-0.15, -0.1) is 0 Å². The third-order valence-electron chi connectivity index (χ3n) is 2.16. The Morgan fingerprint density at radius 1 is 1.44 bits per heavy atom. The highest BCUT2D eigenvalue weighted by Crippen LogP contribution is 2.22. The molecule has 0 saturated carbocycles. The number of halogens is 2. The number of hydrogen-bond acceptors (Lipinski definition) is 2. The molecule has 0 amide bonds. The van der Waals surface area contributed by atoms with E-state index < -0.39 is 0 Å². The summed E-state index contributed by atoms with van der Waals surface area (Å²) in [6.45, 7) is 0.562. The molecule has 84 valence electrons. The normalized spacial score (nSPS) is 10.4. The molecule has 1 aromatic heterocycles. The average Bonchev–Trinajstić information content (AvgIpc) is 2.63. The molecule has 0 unspecified atom stereocenters.